The van der Waals surface area contributed by atoms with Crippen LogP contribution in [0.15, 0.2) is 43.0 Å². The van der Waals surface area contributed by atoms with E-state index in [-0.39, 0.29) is 17.0 Å². The lowest BCUT2D eigenvalue weighted by Gasteiger charge is -2.27. The van der Waals surface area contributed by atoms with E-state index in [0.717, 1.165) is 43.4 Å². The number of hydrogen-bond donors (Lipinski definition) is 0. The summed E-state index contributed by atoms with van der Waals surface area (Å²) in [6.45, 7) is 3.81. The molecule has 0 atom stereocenters. The van der Waals surface area contributed by atoms with Crippen molar-refractivity contribution in [1.82, 2.24) is 0 Å². The van der Waals surface area contributed by atoms with Crippen LogP contribution in [-0.4, -0.2) is 0 Å². The zero-order valence-corrected chi connectivity index (χ0v) is 13.2. The highest BCUT2D eigenvalue weighted by atomic mass is 19.2. The summed E-state index contributed by atoms with van der Waals surface area (Å²) in [6, 6.07) is 6.35. The summed E-state index contributed by atoms with van der Waals surface area (Å²) < 4.78 is 54.2. The molecule has 0 bridgehead atoms. The zero-order valence-electron chi connectivity index (χ0n) is 13.2. The first kappa shape index (κ1) is 16.7. The second-order valence-electron chi connectivity index (χ2n) is 6.34. The second kappa shape index (κ2) is 6.80. The number of hydrogen-bond acceptors (Lipinski definition) is 0. The van der Waals surface area contributed by atoms with Crippen molar-refractivity contribution >= 4 is 0 Å². The van der Waals surface area contributed by atoms with Crippen LogP contribution in [0.4, 0.5) is 17.6 Å². The third-order valence-corrected chi connectivity index (χ3v) is 4.86. The van der Waals surface area contributed by atoms with Crippen molar-refractivity contribution in [2.24, 2.45) is 5.92 Å². The third-order valence-electron chi connectivity index (χ3n) is 4.86. The average molecular weight is 334 g/mol. The lowest BCUT2D eigenvalue weighted by Crippen LogP contribution is -2.11. The SMILES string of the molecule is C=CC1CCC(c2ccc(-c3cc(F)c(F)c(F)c3)c(F)c2)CC1. The maximum absolute atomic E-state index is 14.4. The molecule has 0 nitrogen and oxygen atoms in total. The van der Waals surface area contributed by atoms with Gasteiger partial charge < -0.3 is 0 Å². The van der Waals surface area contributed by atoms with Gasteiger partial charge in [-0.3, -0.25) is 0 Å². The predicted octanol–water partition coefficient (Wildman–Crippen LogP) is 6.37. The Morgan fingerprint density at radius 1 is 0.833 bits per heavy atom. The molecule has 4 heteroatoms. The molecular weight excluding hydrogens is 316 g/mol. The Balaban J connectivity index is 1.87. The number of rotatable bonds is 3. The molecule has 0 saturated heterocycles. The summed E-state index contributed by atoms with van der Waals surface area (Å²) in [4.78, 5) is 0. The van der Waals surface area contributed by atoms with Crippen molar-refractivity contribution in [3.05, 3.63) is 71.8 Å². The van der Waals surface area contributed by atoms with Gasteiger partial charge in [-0.2, -0.15) is 0 Å². The first-order valence-corrected chi connectivity index (χ1v) is 8.06. The van der Waals surface area contributed by atoms with Crippen LogP contribution in [0.1, 0.15) is 37.2 Å². The molecule has 0 heterocycles. The molecule has 2 aromatic rings. The average Bonchev–Trinajstić information content (AvgIpc) is 2.59. The molecule has 0 amide bonds. The quantitative estimate of drug-likeness (QED) is 0.347. The summed E-state index contributed by atoms with van der Waals surface area (Å²) in [5.74, 6) is -3.94. The minimum atomic E-state index is -1.55. The Kier molecular flexibility index (Phi) is 4.74. The molecule has 1 aliphatic rings. The van der Waals surface area contributed by atoms with Gasteiger partial charge in [0, 0.05) is 5.56 Å². The van der Waals surface area contributed by atoms with Crippen molar-refractivity contribution in [1.29, 1.82) is 0 Å². The third kappa shape index (κ3) is 3.23. The van der Waals surface area contributed by atoms with Crippen LogP contribution in [0.2, 0.25) is 0 Å². The van der Waals surface area contributed by atoms with Gasteiger partial charge in [0.05, 0.1) is 0 Å². The highest BCUT2D eigenvalue weighted by molar-refractivity contribution is 5.65. The van der Waals surface area contributed by atoms with E-state index in [9.17, 15) is 17.6 Å². The first-order valence-electron chi connectivity index (χ1n) is 8.06. The molecular formula is C20H18F4. The molecule has 3 rings (SSSR count). The molecule has 1 aliphatic carbocycles. The van der Waals surface area contributed by atoms with Gasteiger partial charge in [0.15, 0.2) is 17.5 Å². The number of allylic oxidation sites excluding steroid dienone is 1. The van der Waals surface area contributed by atoms with Crippen molar-refractivity contribution < 1.29 is 17.6 Å². The van der Waals surface area contributed by atoms with Gasteiger partial charge in [0.25, 0.3) is 0 Å². The predicted molar refractivity (Wildman–Crippen MR) is 86.6 cm³/mol. The lowest BCUT2D eigenvalue weighted by atomic mass is 9.78. The Labute approximate surface area is 138 Å². The molecule has 1 saturated carbocycles. The van der Waals surface area contributed by atoms with E-state index in [0.29, 0.717) is 5.92 Å². The second-order valence-corrected chi connectivity index (χ2v) is 6.34. The van der Waals surface area contributed by atoms with Gasteiger partial charge in [0.2, 0.25) is 0 Å². The fourth-order valence-electron chi connectivity index (χ4n) is 3.42. The summed E-state index contributed by atoms with van der Waals surface area (Å²) in [6.07, 6.45) is 5.97. The molecule has 126 valence electrons. The zero-order chi connectivity index (χ0) is 17.3. The van der Waals surface area contributed by atoms with Gasteiger partial charge in [-0.15, -0.1) is 6.58 Å². The summed E-state index contributed by atoms with van der Waals surface area (Å²) in [5.41, 5.74) is 0.948. The van der Waals surface area contributed by atoms with E-state index in [1.807, 2.05) is 6.08 Å². The lowest BCUT2D eigenvalue weighted by molar-refractivity contribution is 0.375. The fraction of sp³-hybridized carbons (Fsp3) is 0.300. The molecule has 24 heavy (non-hydrogen) atoms. The van der Waals surface area contributed by atoms with E-state index in [2.05, 4.69) is 6.58 Å². The van der Waals surface area contributed by atoms with Gasteiger partial charge >= 0.3 is 0 Å². The maximum atomic E-state index is 14.4. The minimum Gasteiger partial charge on any atom is -0.206 e. The summed E-state index contributed by atoms with van der Waals surface area (Å²) in [7, 11) is 0. The molecule has 0 radical (unpaired) electrons. The van der Waals surface area contributed by atoms with Crippen LogP contribution in [0.3, 0.4) is 0 Å². The highest BCUT2D eigenvalue weighted by Crippen LogP contribution is 2.37. The normalized spacial score (nSPS) is 20.8. The van der Waals surface area contributed by atoms with Crippen LogP contribution in [0, 0.1) is 29.2 Å². The van der Waals surface area contributed by atoms with Crippen LogP contribution < -0.4 is 0 Å². The Bertz CT molecular complexity index is 735. The number of halogens is 4. The number of benzene rings is 2. The minimum absolute atomic E-state index is 0.00850. The maximum Gasteiger partial charge on any atom is 0.194 e. The molecule has 0 N–H and O–H groups in total. The molecule has 0 spiro atoms. The van der Waals surface area contributed by atoms with E-state index < -0.39 is 23.3 Å². The molecule has 0 aromatic heterocycles. The van der Waals surface area contributed by atoms with Gasteiger partial charge in [-0.25, -0.2) is 17.6 Å². The summed E-state index contributed by atoms with van der Waals surface area (Å²) >= 11 is 0. The monoisotopic (exact) mass is 334 g/mol. The molecule has 0 aliphatic heterocycles. The standard InChI is InChI=1S/C20H18F4/c1-2-12-3-5-13(6-4-12)14-7-8-16(17(21)9-14)15-10-18(22)20(24)19(23)11-15/h2,7-13H,1,3-6H2. The Morgan fingerprint density at radius 3 is 2.00 bits per heavy atom. The molecule has 0 unspecified atom stereocenters. The smallest absolute Gasteiger partial charge is 0.194 e. The largest absolute Gasteiger partial charge is 0.206 e. The highest BCUT2D eigenvalue weighted by Gasteiger charge is 2.22. The molecule has 2 aromatic carbocycles. The van der Waals surface area contributed by atoms with E-state index in [1.165, 1.54) is 12.1 Å². The van der Waals surface area contributed by atoms with Crippen LogP contribution in [0.5, 0.6) is 0 Å². The van der Waals surface area contributed by atoms with E-state index in [4.69, 9.17) is 0 Å². The van der Waals surface area contributed by atoms with Crippen molar-refractivity contribution in [3.8, 4) is 11.1 Å². The van der Waals surface area contributed by atoms with Crippen molar-refractivity contribution in [2.75, 3.05) is 0 Å². The van der Waals surface area contributed by atoms with Crippen LogP contribution in [0.25, 0.3) is 11.1 Å². The van der Waals surface area contributed by atoms with Gasteiger partial charge in [-0.05, 0) is 66.8 Å². The fourth-order valence-corrected chi connectivity index (χ4v) is 3.42. The topological polar surface area (TPSA) is 0 Å². The van der Waals surface area contributed by atoms with Crippen LogP contribution in [-0.2, 0) is 0 Å². The van der Waals surface area contributed by atoms with Crippen molar-refractivity contribution in [2.45, 2.75) is 31.6 Å². The van der Waals surface area contributed by atoms with Gasteiger partial charge in [0.1, 0.15) is 5.82 Å². The summed E-state index contributed by atoms with van der Waals surface area (Å²) in [5, 5.41) is 0. The van der Waals surface area contributed by atoms with Crippen molar-refractivity contribution in [3.63, 3.8) is 0 Å². The van der Waals surface area contributed by atoms with E-state index in [1.54, 1.807) is 6.07 Å². The Morgan fingerprint density at radius 2 is 1.46 bits per heavy atom. The van der Waals surface area contributed by atoms with Gasteiger partial charge in [-0.1, -0.05) is 18.2 Å². The Hall–Kier alpha value is -2.10. The molecule has 1 fully saturated rings. The van der Waals surface area contributed by atoms with Crippen LogP contribution >= 0.6 is 0 Å². The van der Waals surface area contributed by atoms with E-state index >= 15 is 0 Å². The first-order chi connectivity index (χ1) is 11.5.